The Bertz CT molecular complexity index is 974. The van der Waals surface area contributed by atoms with Crippen molar-refractivity contribution in [2.45, 2.75) is 15.7 Å². The molecule has 2 aromatic carbocycles. The molecular weight excluding hydrogens is 445 g/mol. The van der Waals surface area contributed by atoms with Gasteiger partial charge in [-0.25, -0.2) is 8.42 Å². The van der Waals surface area contributed by atoms with E-state index in [4.69, 9.17) is 0 Å². The molecule has 1 amide bonds. The highest BCUT2D eigenvalue weighted by atomic mass is 32.2. The molecule has 0 aromatic heterocycles. The molecule has 2 N–H and O–H groups in total. The number of nitrogens with one attached hydrogen (secondary N) is 2. The number of carbonyl (C=O) groups is 1. The zero-order valence-corrected chi connectivity index (χ0v) is 17.4. The molecule has 29 heavy (non-hydrogen) atoms. The minimum atomic E-state index is -4.52. The summed E-state index contributed by atoms with van der Waals surface area (Å²) in [6.45, 7) is -1.46. The van der Waals surface area contributed by atoms with Gasteiger partial charge in [0, 0.05) is 22.8 Å². The van der Waals surface area contributed by atoms with E-state index < -0.39 is 28.7 Å². The maximum atomic E-state index is 12.6. The summed E-state index contributed by atoms with van der Waals surface area (Å²) in [5.41, 5.74) is 1.38. The highest BCUT2D eigenvalue weighted by molar-refractivity contribution is 8.19. The molecule has 0 saturated carbocycles. The number of carbonyl (C=O) groups excluding carboxylic acids is 1. The van der Waals surface area contributed by atoms with Crippen molar-refractivity contribution in [1.29, 1.82) is 0 Å². The second-order valence-corrected chi connectivity index (χ2v) is 10.5. The van der Waals surface area contributed by atoms with E-state index in [1.165, 1.54) is 24.3 Å². The van der Waals surface area contributed by atoms with Crippen molar-refractivity contribution in [3.8, 4) is 0 Å². The molecule has 1 saturated heterocycles. The molecule has 1 fully saturated rings. The number of thioether (sulfide) groups is 2. The van der Waals surface area contributed by atoms with Crippen molar-refractivity contribution >= 4 is 45.1 Å². The molecule has 0 bridgehead atoms. The summed E-state index contributed by atoms with van der Waals surface area (Å²) in [7, 11) is -3.91. The van der Waals surface area contributed by atoms with Gasteiger partial charge in [-0.15, -0.1) is 23.5 Å². The van der Waals surface area contributed by atoms with E-state index in [1.54, 1.807) is 47.0 Å². The second-order valence-electron chi connectivity index (χ2n) is 6.13. The number of halogens is 3. The monoisotopic (exact) mass is 462 g/mol. The Morgan fingerprint density at radius 2 is 1.72 bits per heavy atom. The third-order valence-electron chi connectivity index (χ3n) is 3.91. The van der Waals surface area contributed by atoms with Gasteiger partial charge in [0.1, 0.15) is 6.54 Å². The van der Waals surface area contributed by atoms with Crippen LogP contribution in [0.15, 0.2) is 53.4 Å². The topological polar surface area (TPSA) is 75.3 Å². The van der Waals surface area contributed by atoms with E-state index in [2.05, 4.69) is 4.72 Å². The molecular formula is C18H17F3N2O3S3. The molecule has 2 aromatic rings. The quantitative estimate of drug-likeness (QED) is 0.671. The molecule has 5 nitrogen and oxygen atoms in total. The van der Waals surface area contributed by atoms with Crippen molar-refractivity contribution in [3.05, 3.63) is 59.7 Å². The molecule has 0 radical (unpaired) electrons. The lowest BCUT2D eigenvalue weighted by Gasteiger charge is -2.13. The Morgan fingerprint density at radius 1 is 1.07 bits per heavy atom. The maximum Gasteiger partial charge on any atom is 0.405 e. The summed E-state index contributed by atoms with van der Waals surface area (Å²) >= 11 is 3.61. The molecule has 1 aliphatic heterocycles. The van der Waals surface area contributed by atoms with Gasteiger partial charge < -0.3 is 5.32 Å². The Labute approximate surface area is 174 Å². The molecule has 0 spiro atoms. The Hall–Kier alpha value is -1.85. The van der Waals surface area contributed by atoms with Crippen LogP contribution in [0.1, 0.15) is 20.5 Å². The van der Waals surface area contributed by atoms with Gasteiger partial charge in [0.15, 0.2) is 0 Å². The predicted molar refractivity (Wildman–Crippen MR) is 110 cm³/mol. The molecule has 1 aliphatic rings. The smallest absolute Gasteiger partial charge is 0.343 e. The summed E-state index contributed by atoms with van der Waals surface area (Å²) < 4.78 is 64.5. The summed E-state index contributed by atoms with van der Waals surface area (Å²) in [6.07, 6.45) is -4.52. The van der Waals surface area contributed by atoms with Crippen molar-refractivity contribution in [3.63, 3.8) is 0 Å². The number of sulfonamides is 1. The van der Waals surface area contributed by atoms with Gasteiger partial charge in [0.05, 0.1) is 9.48 Å². The fourth-order valence-electron chi connectivity index (χ4n) is 2.58. The third-order valence-corrected chi connectivity index (χ3v) is 8.41. The van der Waals surface area contributed by atoms with E-state index in [-0.39, 0.29) is 15.0 Å². The van der Waals surface area contributed by atoms with E-state index in [9.17, 15) is 26.4 Å². The van der Waals surface area contributed by atoms with Gasteiger partial charge in [-0.3, -0.25) is 9.52 Å². The van der Waals surface area contributed by atoms with E-state index >= 15 is 0 Å². The number of hydrogen-bond donors (Lipinski definition) is 2. The summed E-state index contributed by atoms with van der Waals surface area (Å²) in [4.78, 5) is 11.6. The van der Waals surface area contributed by atoms with Gasteiger partial charge in [-0.1, -0.05) is 12.1 Å². The second kappa shape index (κ2) is 8.88. The van der Waals surface area contributed by atoms with Crippen LogP contribution in [-0.2, 0) is 10.0 Å². The highest BCUT2D eigenvalue weighted by Crippen LogP contribution is 2.45. The minimum absolute atomic E-state index is 0.0644. The van der Waals surface area contributed by atoms with Crippen LogP contribution in [-0.4, -0.2) is 38.6 Å². The average molecular weight is 463 g/mol. The highest BCUT2D eigenvalue weighted by Gasteiger charge is 2.28. The van der Waals surface area contributed by atoms with E-state index in [0.29, 0.717) is 5.69 Å². The van der Waals surface area contributed by atoms with Crippen molar-refractivity contribution < 1.29 is 26.4 Å². The standard InChI is InChI=1S/C18H17F3N2O3S3/c19-18(20,21)11-22-16(24)12-4-6-15(7-5-12)29(25,26)23-14-3-1-2-13(10-14)17-27-8-9-28-17/h1-7,10,17,23H,8-9,11H2,(H,22,24). The number of hydrogen-bond acceptors (Lipinski definition) is 5. The molecule has 1 heterocycles. The Kier molecular flexibility index (Phi) is 6.69. The molecule has 11 heteroatoms. The number of alkyl halides is 3. The third kappa shape index (κ3) is 6.06. The molecule has 0 atom stereocenters. The van der Waals surface area contributed by atoms with E-state index in [0.717, 1.165) is 17.1 Å². The first-order valence-electron chi connectivity index (χ1n) is 8.45. The zero-order chi connectivity index (χ0) is 21.1. The van der Waals surface area contributed by atoms with Gasteiger partial charge >= 0.3 is 6.18 Å². The number of benzene rings is 2. The fraction of sp³-hybridized carbons (Fsp3) is 0.278. The van der Waals surface area contributed by atoms with Crippen molar-refractivity contribution in [2.75, 3.05) is 22.8 Å². The lowest BCUT2D eigenvalue weighted by molar-refractivity contribution is -0.123. The molecule has 3 rings (SSSR count). The zero-order valence-electron chi connectivity index (χ0n) is 14.9. The van der Waals surface area contributed by atoms with Crippen LogP contribution in [0.2, 0.25) is 0 Å². The molecule has 0 unspecified atom stereocenters. The van der Waals surface area contributed by atoms with Crippen LogP contribution in [0.4, 0.5) is 18.9 Å². The minimum Gasteiger partial charge on any atom is -0.343 e. The van der Waals surface area contributed by atoms with Crippen LogP contribution < -0.4 is 10.0 Å². The lowest BCUT2D eigenvalue weighted by Crippen LogP contribution is -2.33. The SMILES string of the molecule is O=C(NCC(F)(F)F)c1ccc(S(=O)(=O)Nc2cccc(C3SCCS3)c2)cc1. The van der Waals surface area contributed by atoms with Crippen molar-refractivity contribution in [1.82, 2.24) is 5.32 Å². The summed E-state index contributed by atoms with van der Waals surface area (Å²) in [5, 5.41) is 1.74. The largest absolute Gasteiger partial charge is 0.405 e. The first kappa shape index (κ1) is 21.8. The van der Waals surface area contributed by atoms with Crippen LogP contribution in [0, 0.1) is 0 Å². The number of amides is 1. The van der Waals surface area contributed by atoms with E-state index in [1.807, 2.05) is 6.07 Å². The van der Waals surface area contributed by atoms with Crippen molar-refractivity contribution in [2.24, 2.45) is 0 Å². The first-order valence-corrected chi connectivity index (χ1v) is 12.0. The predicted octanol–water partition coefficient (Wildman–Crippen LogP) is 4.26. The number of anilines is 1. The van der Waals surface area contributed by atoms with Gasteiger partial charge in [0.25, 0.3) is 15.9 Å². The lowest BCUT2D eigenvalue weighted by atomic mass is 10.2. The summed E-state index contributed by atoms with van der Waals surface area (Å²) in [6, 6.07) is 11.8. The Balaban J connectivity index is 1.70. The van der Waals surface area contributed by atoms with Gasteiger partial charge in [-0.2, -0.15) is 13.2 Å². The van der Waals surface area contributed by atoms with Gasteiger partial charge in [0.2, 0.25) is 0 Å². The average Bonchev–Trinajstić information content (AvgIpc) is 3.20. The molecule has 156 valence electrons. The normalized spacial score (nSPS) is 15.3. The maximum absolute atomic E-state index is 12.6. The van der Waals surface area contributed by atoms with Crippen LogP contribution in [0.5, 0.6) is 0 Å². The Morgan fingerprint density at radius 3 is 2.34 bits per heavy atom. The first-order chi connectivity index (χ1) is 13.6. The summed E-state index contributed by atoms with van der Waals surface area (Å²) in [5.74, 6) is 1.17. The molecule has 0 aliphatic carbocycles. The van der Waals surface area contributed by atoms with Crippen LogP contribution in [0.25, 0.3) is 0 Å². The van der Waals surface area contributed by atoms with Crippen LogP contribution >= 0.6 is 23.5 Å². The van der Waals surface area contributed by atoms with Gasteiger partial charge in [-0.05, 0) is 42.0 Å². The number of rotatable bonds is 6. The fourth-order valence-corrected chi connectivity index (χ4v) is 6.47. The van der Waals surface area contributed by atoms with Crippen LogP contribution in [0.3, 0.4) is 0 Å².